The molecule has 0 spiro atoms. The second kappa shape index (κ2) is 25.2. The SMILES string of the molecule is CC(C)(C)OC(=O)C[C@H](NC(=O)[C@H](CCCCNC(=O)CCCCC(=O)OCc1ccccc1)NC(=O)OCc1ccccc1)C(=O)N[C@@H](Cc1ccccc1)C(N)=O. The number of alkyl carbamates (subject to hydrolysis) is 1. The maximum atomic E-state index is 13.8. The molecule has 6 N–H and O–H groups in total. The van der Waals surface area contributed by atoms with Crippen LogP contribution in [0.4, 0.5) is 4.79 Å². The molecule has 3 atom stereocenters. The van der Waals surface area contributed by atoms with Gasteiger partial charge in [0.2, 0.25) is 23.6 Å². The number of ether oxygens (including phenoxy) is 3. The first-order valence-electron chi connectivity index (χ1n) is 19.8. The lowest BCUT2D eigenvalue weighted by Crippen LogP contribution is -2.57. The van der Waals surface area contributed by atoms with Gasteiger partial charge in [-0.15, -0.1) is 0 Å². The zero-order valence-corrected chi connectivity index (χ0v) is 34.0. The highest BCUT2D eigenvalue weighted by atomic mass is 16.6. The molecular formula is C44H57N5O10. The van der Waals surface area contributed by atoms with Gasteiger partial charge in [0.15, 0.2) is 0 Å². The van der Waals surface area contributed by atoms with Gasteiger partial charge in [-0.05, 0) is 69.6 Å². The monoisotopic (exact) mass is 815 g/mol. The Morgan fingerprint density at radius 3 is 1.69 bits per heavy atom. The molecule has 0 radical (unpaired) electrons. The molecular weight excluding hydrogens is 759 g/mol. The van der Waals surface area contributed by atoms with E-state index >= 15 is 0 Å². The van der Waals surface area contributed by atoms with Crippen LogP contribution in [0, 0.1) is 0 Å². The Morgan fingerprint density at radius 2 is 1.12 bits per heavy atom. The van der Waals surface area contributed by atoms with Gasteiger partial charge in [-0.1, -0.05) is 91.0 Å². The molecule has 5 amide bonds. The molecule has 3 aromatic rings. The molecule has 0 aliphatic carbocycles. The van der Waals surface area contributed by atoms with Crippen molar-refractivity contribution in [1.82, 2.24) is 21.3 Å². The Hall–Kier alpha value is -6.25. The molecule has 3 aromatic carbocycles. The molecule has 0 saturated carbocycles. The van der Waals surface area contributed by atoms with E-state index in [2.05, 4.69) is 21.3 Å². The summed E-state index contributed by atoms with van der Waals surface area (Å²) >= 11 is 0. The fourth-order valence-corrected chi connectivity index (χ4v) is 5.71. The summed E-state index contributed by atoms with van der Waals surface area (Å²) in [7, 11) is 0. The molecule has 0 heterocycles. The van der Waals surface area contributed by atoms with E-state index in [-0.39, 0.29) is 57.3 Å². The maximum Gasteiger partial charge on any atom is 0.408 e. The number of benzene rings is 3. The quantitative estimate of drug-likeness (QED) is 0.0490. The molecule has 318 valence electrons. The number of amides is 5. The lowest BCUT2D eigenvalue weighted by atomic mass is 10.0. The van der Waals surface area contributed by atoms with Crippen molar-refractivity contribution < 1.29 is 47.8 Å². The van der Waals surface area contributed by atoms with Crippen molar-refractivity contribution in [1.29, 1.82) is 0 Å². The summed E-state index contributed by atoms with van der Waals surface area (Å²) in [5.74, 6) is -3.80. The van der Waals surface area contributed by atoms with Crippen LogP contribution in [0.3, 0.4) is 0 Å². The molecule has 3 rings (SSSR count). The Kier molecular flexibility index (Phi) is 20.1. The number of rotatable bonds is 24. The van der Waals surface area contributed by atoms with Gasteiger partial charge in [-0.3, -0.25) is 28.8 Å². The largest absolute Gasteiger partial charge is 0.461 e. The molecule has 0 saturated heterocycles. The molecule has 0 bridgehead atoms. The summed E-state index contributed by atoms with van der Waals surface area (Å²) in [6.45, 7) is 5.36. The van der Waals surface area contributed by atoms with Gasteiger partial charge in [0.25, 0.3) is 0 Å². The number of nitrogens with one attached hydrogen (secondary N) is 4. The first-order valence-corrected chi connectivity index (χ1v) is 19.8. The summed E-state index contributed by atoms with van der Waals surface area (Å²) in [6.07, 6.45) is 0.852. The topological polar surface area (TPSA) is 221 Å². The zero-order chi connectivity index (χ0) is 43.0. The minimum absolute atomic E-state index is 0.0623. The summed E-state index contributed by atoms with van der Waals surface area (Å²) in [5, 5.41) is 10.5. The Morgan fingerprint density at radius 1 is 0.593 bits per heavy atom. The van der Waals surface area contributed by atoms with Gasteiger partial charge in [0.1, 0.15) is 36.9 Å². The number of unbranched alkanes of at least 4 members (excludes halogenated alkanes) is 2. The van der Waals surface area contributed by atoms with E-state index in [1.807, 2.05) is 36.4 Å². The van der Waals surface area contributed by atoms with Crippen molar-refractivity contribution >= 4 is 41.7 Å². The lowest BCUT2D eigenvalue weighted by Gasteiger charge is -2.26. The van der Waals surface area contributed by atoms with Crippen molar-refractivity contribution in [2.24, 2.45) is 5.73 Å². The van der Waals surface area contributed by atoms with Crippen LogP contribution in [-0.2, 0) is 62.6 Å². The van der Waals surface area contributed by atoms with Crippen LogP contribution in [-0.4, -0.2) is 71.9 Å². The number of primary amides is 1. The highest BCUT2D eigenvalue weighted by Crippen LogP contribution is 2.12. The van der Waals surface area contributed by atoms with Gasteiger partial charge < -0.3 is 41.2 Å². The first kappa shape index (κ1) is 47.1. The number of esters is 2. The molecule has 0 aromatic heterocycles. The van der Waals surface area contributed by atoms with Crippen LogP contribution in [0.25, 0.3) is 0 Å². The average Bonchev–Trinajstić information content (AvgIpc) is 3.20. The Balaban J connectivity index is 1.59. The van der Waals surface area contributed by atoms with Crippen molar-refractivity contribution in [3.05, 3.63) is 108 Å². The van der Waals surface area contributed by atoms with Gasteiger partial charge >= 0.3 is 18.0 Å². The van der Waals surface area contributed by atoms with Gasteiger partial charge in [0.05, 0.1) is 6.42 Å². The van der Waals surface area contributed by atoms with Crippen LogP contribution in [0.2, 0.25) is 0 Å². The molecule has 0 fully saturated rings. The molecule has 0 aliphatic rings. The van der Waals surface area contributed by atoms with Gasteiger partial charge in [0, 0.05) is 25.8 Å². The maximum absolute atomic E-state index is 13.8. The van der Waals surface area contributed by atoms with Gasteiger partial charge in [-0.25, -0.2) is 4.79 Å². The molecule has 15 nitrogen and oxygen atoms in total. The van der Waals surface area contributed by atoms with Crippen LogP contribution in [0.5, 0.6) is 0 Å². The smallest absolute Gasteiger partial charge is 0.408 e. The zero-order valence-electron chi connectivity index (χ0n) is 34.0. The second-order valence-corrected chi connectivity index (χ2v) is 15.0. The first-order chi connectivity index (χ1) is 28.2. The highest BCUT2D eigenvalue weighted by molar-refractivity contribution is 5.95. The summed E-state index contributed by atoms with van der Waals surface area (Å²) in [4.78, 5) is 90.2. The van der Waals surface area contributed by atoms with E-state index in [4.69, 9.17) is 19.9 Å². The van der Waals surface area contributed by atoms with Crippen molar-refractivity contribution in [2.45, 2.75) is 115 Å². The summed E-state index contributed by atoms with van der Waals surface area (Å²) in [5.41, 5.74) is 7.05. The lowest BCUT2D eigenvalue weighted by molar-refractivity contribution is -0.156. The third-order valence-electron chi connectivity index (χ3n) is 8.71. The van der Waals surface area contributed by atoms with Crippen LogP contribution in [0.1, 0.15) is 88.8 Å². The van der Waals surface area contributed by atoms with Crippen LogP contribution in [0.15, 0.2) is 91.0 Å². The third kappa shape index (κ3) is 20.1. The Bertz CT molecular complexity index is 1800. The van der Waals surface area contributed by atoms with Crippen molar-refractivity contribution in [2.75, 3.05) is 6.54 Å². The molecule has 15 heteroatoms. The standard InChI is InChI=1S/C44H57N5O10/c1-44(2,3)59-39(52)28-36(42(55)47-35(40(45)53)27-31-17-7-4-8-18-31)48-41(54)34(49-43(56)58-30-33-21-11-6-12-22-33)23-15-16-26-46-37(50)24-13-14-25-38(51)57-29-32-19-9-5-10-20-32/h4-12,17-22,34-36H,13-16,23-30H2,1-3H3,(H2,45,53)(H,46,50)(H,47,55)(H,48,54)(H,49,56)/t34-,35-,36-/m0/s1. The summed E-state index contributed by atoms with van der Waals surface area (Å²) in [6, 6.07) is 23.2. The normalized spacial score (nSPS) is 12.5. The number of hydrogen-bond donors (Lipinski definition) is 5. The van der Waals surface area contributed by atoms with Crippen LogP contribution >= 0.6 is 0 Å². The fraction of sp³-hybridized carbons (Fsp3) is 0.432. The predicted octanol–water partition coefficient (Wildman–Crippen LogP) is 4.30. The van der Waals surface area contributed by atoms with Gasteiger partial charge in [-0.2, -0.15) is 0 Å². The molecule has 0 unspecified atom stereocenters. The van der Waals surface area contributed by atoms with E-state index in [1.165, 1.54) is 0 Å². The predicted molar refractivity (Wildman–Crippen MR) is 219 cm³/mol. The third-order valence-corrected chi connectivity index (χ3v) is 8.71. The molecule has 59 heavy (non-hydrogen) atoms. The van der Waals surface area contributed by atoms with E-state index in [0.717, 1.165) is 16.7 Å². The average molecular weight is 816 g/mol. The van der Waals surface area contributed by atoms with E-state index in [9.17, 15) is 33.6 Å². The minimum Gasteiger partial charge on any atom is -0.461 e. The number of carbonyl (C=O) groups excluding carboxylic acids is 7. The van der Waals surface area contributed by atoms with E-state index < -0.39 is 59.9 Å². The number of nitrogens with two attached hydrogens (primary N) is 1. The van der Waals surface area contributed by atoms with E-state index in [1.54, 1.807) is 75.4 Å². The highest BCUT2D eigenvalue weighted by Gasteiger charge is 2.32. The second-order valence-electron chi connectivity index (χ2n) is 15.0. The van der Waals surface area contributed by atoms with Crippen molar-refractivity contribution in [3.63, 3.8) is 0 Å². The van der Waals surface area contributed by atoms with Crippen molar-refractivity contribution in [3.8, 4) is 0 Å². The number of carbonyl (C=O) groups is 7. The number of hydrogen-bond acceptors (Lipinski definition) is 10. The minimum atomic E-state index is -1.51. The Labute approximate surface area is 345 Å². The summed E-state index contributed by atoms with van der Waals surface area (Å²) < 4.78 is 16.0. The van der Waals surface area contributed by atoms with E-state index in [0.29, 0.717) is 25.7 Å². The fourth-order valence-electron chi connectivity index (χ4n) is 5.71. The van der Waals surface area contributed by atoms with Crippen LogP contribution < -0.4 is 27.0 Å². The molecule has 0 aliphatic heterocycles.